The number of aliphatic carboxylic acids is 2. The lowest BCUT2D eigenvalue weighted by atomic mass is 9.77. The molecular formula is C20H8F26O4-2. The van der Waals surface area contributed by atoms with Gasteiger partial charge in [0.05, 0.1) is 23.8 Å². The van der Waals surface area contributed by atoms with E-state index in [4.69, 9.17) is 0 Å². The van der Waals surface area contributed by atoms with Crippen molar-refractivity contribution in [1.82, 2.24) is 0 Å². The van der Waals surface area contributed by atoms with Crippen LogP contribution in [0.2, 0.25) is 0 Å². The van der Waals surface area contributed by atoms with E-state index in [2.05, 4.69) is 0 Å². The summed E-state index contributed by atoms with van der Waals surface area (Å²) in [6, 6.07) is 0. The van der Waals surface area contributed by atoms with Gasteiger partial charge in [-0.1, -0.05) is 13.8 Å². The molecule has 0 amide bonds. The molecule has 0 rings (SSSR count). The van der Waals surface area contributed by atoms with E-state index in [-0.39, 0.29) is 0 Å². The predicted molar refractivity (Wildman–Crippen MR) is 96.9 cm³/mol. The number of carbonyl (C=O) groups is 2. The first-order chi connectivity index (χ1) is 21.2. The maximum atomic E-state index is 14.5. The number of alkyl halides is 26. The number of carboxylic acids is 2. The van der Waals surface area contributed by atoms with Gasteiger partial charge in [-0.2, -0.15) is 114 Å². The first kappa shape index (κ1) is 46.9. The van der Waals surface area contributed by atoms with Crippen LogP contribution in [-0.4, -0.2) is 83.5 Å². The van der Waals surface area contributed by atoms with Gasteiger partial charge in [0.1, 0.15) is 0 Å². The van der Waals surface area contributed by atoms with E-state index in [0.717, 1.165) is 0 Å². The van der Waals surface area contributed by atoms with Crippen molar-refractivity contribution in [2.75, 3.05) is 0 Å². The van der Waals surface area contributed by atoms with Gasteiger partial charge < -0.3 is 19.8 Å². The summed E-state index contributed by atoms with van der Waals surface area (Å²) in [6.07, 6.45) is -16.0. The molecule has 0 fully saturated rings. The molecule has 0 radical (unpaired) electrons. The van der Waals surface area contributed by atoms with Crippen LogP contribution in [0.15, 0.2) is 11.1 Å². The number of hydrogen-bond donors (Lipinski definition) is 0. The fourth-order valence-electron chi connectivity index (χ4n) is 3.51. The second kappa shape index (κ2) is 12.2. The van der Waals surface area contributed by atoms with Crippen LogP contribution in [0.3, 0.4) is 0 Å². The second-order valence-corrected chi connectivity index (χ2v) is 9.68. The zero-order valence-electron chi connectivity index (χ0n) is 22.6. The average Bonchev–Trinajstić information content (AvgIpc) is 2.87. The third-order valence-corrected chi connectivity index (χ3v) is 6.60. The van der Waals surface area contributed by atoms with Crippen molar-refractivity contribution in [3.63, 3.8) is 0 Å². The maximum absolute atomic E-state index is 14.5. The van der Waals surface area contributed by atoms with Crippen molar-refractivity contribution >= 4 is 11.9 Å². The lowest BCUT2D eigenvalue weighted by molar-refractivity contribution is -0.442. The molecule has 0 aromatic heterocycles. The molecule has 296 valence electrons. The second-order valence-electron chi connectivity index (χ2n) is 9.68. The fourth-order valence-corrected chi connectivity index (χ4v) is 3.51. The minimum absolute atomic E-state index is 1.26. The Bertz CT molecular complexity index is 1240. The van der Waals surface area contributed by atoms with E-state index in [1.807, 2.05) is 0 Å². The van der Waals surface area contributed by atoms with Gasteiger partial charge >= 0.3 is 71.6 Å². The Morgan fingerprint density at radius 2 is 0.500 bits per heavy atom. The van der Waals surface area contributed by atoms with Gasteiger partial charge in [-0.15, -0.1) is 0 Å². The Kier molecular flexibility index (Phi) is 11.5. The Balaban J connectivity index is 7.87. The minimum atomic E-state index is -8.82. The maximum Gasteiger partial charge on any atom is 0.460 e. The fraction of sp³-hybridized carbons (Fsp3) is 0.800. The van der Waals surface area contributed by atoms with E-state index >= 15 is 0 Å². The van der Waals surface area contributed by atoms with Crippen LogP contribution in [-0.2, 0) is 9.59 Å². The van der Waals surface area contributed by atoms with E-state index in [1.54, 1.807) is 0 Å². The molecule has 2 atom stereocenters. The quantitative estimate of drug-likeness (QED) is 0.148. The van der Waals surface area contributed by atoms with Crippen molar-refractivity contribution in [2.24, 2.45) is 11.8 Å². The van der Waals surface area contributed by atoms with Crippen molar-refractivity contribution in [1.29, 1.82) is 0 Å². The highest BCUT2D eigenvalue weighted by Gasteiger charge is 2.92. The van der Waals surface area contributed by atoms with E-state index in [0.29, 0.717) is 0 Å². The van der Waals surface area contributed by atoms with E-state index < -0.39 is 120 Å². The molecule has 0 aromatic rings. The third-order valence-electron chi connectivity index (χ3n) is 6.60. The SMILES string of the molecule is CC(/C(C(=O)[O-])=C(/C(=O)[O-])C(C)C(F)(F)C(F)(F)C(F)(F)C(F)(F)C(F)(F)C(F)(F)F)C(F)(F)C(F)(F)C(F)(F)C(F)(F)C(F)(F)C(F)(F)F. The molecule has 0 aliphatic carbocycles. The van der Waals surface area contributed by atoms with Crippen molar-refractivity contribution in [2.45, 2.75) is 85.4 Å². The molecule has 30 heteroatoms. The molecule has 0 aliphatic heterocycles. The highest BCUT2D eigenvalue weighted by atomic mass is 19.4. The number of halogens is 26. The number of rotatable bonds is 14. The van der Waals surface area contributed by atoms with Crippen molar-refractivity contribution in [3.05, 3.63) is 11.1 Å². The topological polar surface area (TPSA) is 80.3 Å². The Labute approximate surface area is 255 Å². The van der Waals surface area contributed by atoms with Crippen LogP contribution in [0.25, 0.3) is 0 Å². The molecule has 0 aliphatic rings. The Morgan fingerprint density at radius 1 is 0.340 bits per heavy atom. The Hall–Kier alpha value is -3.14. The molecule has 4 nitrogen and oxygen atoms in total. The van der Waals surface area contributed by atoms with Crippen molar-refractivity contribution < 1.29 is 134 Å². The molecule has 2 unspecified atom stereocenters. The van der Waals surface area contributed by atoms with Gasteiger partial charge in [0.15, 0.2) is 0 Å². The largest absolute Gasteiger partial charge is 0.545 e. The zero-order chi connectivity index (χ0) is 41.5. The summed E-state index contributed by atoms with van der Waals surface area (Å²) in [5, 5.41) is 22.6. The molecule has 0 saturated carbocycles. The zero-order valence-corrected chi connectivity index (χ0v) is 22.6. The number of carbonyl (C=O) groups excluding carboxylic acids is 2. The van der Waals surface area contributed by atoms with Gasteiger partial charge in [-0.25, -0.2) is 0 Å². The average molecular weight is 806 g/mol. The van der Waals surface area contributed by atoms with Gasteiger partial charge in [0.25, 0.3) is 0 Å². The van der Waals surface area contributed by atoms with Crippen molar-refractivity contribution in [3.8, 4) is 0 Å². The summed E-state index contributed by atoms with van der Waals surface area (Å²) >= 11 is 0. The molecule has 0 heterocycles. The first-order valence-electron chi connectivity index (χ1n) is 11.3. The molecule has 0 spiro atoms. The van der Waals surface area contributed by atoms with Gasteiger partial charge in [-0.3, -0.25) is 0 Å². The van der Waals surface area contributed by atoms with Crippen LogP contribution in [0.5, 0.6) is 0 Å². The summed E-state index contributed by atoms with van der Waals surface area (Å²) in [6.45, 7) is -2.51. The molecule has 0 saturated heterocycles. The standard InChI is InChI=1S/C20H10F26O4/c1-3(9(21,22)11(25,26)13(29,30)15(33,34)17(37,38)19(41,42)43)5(7(47)48)6(8(49)50)4(2)10(23,24)12(27,28)14(31,32)16(35,36)18(39,40)20(44,45)46/h3-4H,1-2H3,(H,47,48)(H,49,50)/p-2/b6-5-. The summed E-state index contributed by atoms with van der Waals surface area (Å²) < 4.78 is 349. The van der Waals surface area contributed by atoms with E-state index in [1.165, 1.54) is 0 Å². The summed E-state index contributed by atoms with van der Waals surface area (Å²) in [7, 11) is 0. The number of carboxylic acid groups (broad SMARTS) is 2. The lowest BCUT2D eigenvalue weighted by Gasteiger charge is -2.43. The minimum Gasteiger partial charge on any atom is -0.545 e. The first-order valence-corrected chi connectivity index (χ1v) is 11.3. The number of hydrogen-bond acceptors (Lipinski definition) is 4. The smallest absolute Gasteiger partial charge is 0.460 e. The highest BCUT2D eigenvalue weighted by Crippen LogP contribution is 2.64. The summed E-state index contributed by atoms with van der Waals surface area (Å²) in [5.41, 5.74) is -7.87. The van der Waals surface area contributed by atoms with Crippen LogP contribution < -0.4 is 10.2 Å². The summed E-state index contributed by atoms with van der Waals surface area (Å²) in [5.74, 6) is -104. The summed E-state index contributed by atoms with van der Waals surface area (Å²) in [4.78, 5) is 22.6. The normalized spacial score (nSPS) is 17.7. The van der Waals surface area contributed by atoms with Gasteiger partial charge in [0.2, 0.25) is 0 Å². The van der Waals surface area contributed by atoms with E-state index in [9.17, 15) is 134 Å². The van der Waals surface area contributed by atoms with Gasteiger partial charge in [-0.05, 0) is 11.1 Å². The highest BCUT2D eigenvalue weighted by molar-refractivity contribution is 5.98. The predicted octanol–water partition coefficient (Wildman–Crippen LogP) is 6.53. The van der Waals surface area contributed by atoms with Crippen LogP contribution >= 0.6 is 0 Å². The lowest BCUT2D eigenvalue weighted by Crippen LogP contribution is -2.71. The molecular weight excluding hydrogens is 798 g/mol. The third kappa shape index (κ3) is 6.11. The monoisotopic (exact) mass is 806 g/mol. The van der Waals surface area contributed by atoms with Crippen LogP contribution in [0.1, 0.15) is 13.8 Å². The van der Waals surface area contributed by atoms with Crippen LogP contribution in [0.4, 0.5) is 114 Å². The molecule has 0 bridgehead atoms. The Morgan fingerprint density at radius 3 is 0.640 bits per heavy atom. The molecule has 0 N–H and O–H groups in total. The van der Waals surface area contributed by atoms with Gasteiger partial charge in [0, 0.05) is 0 Å². The molecule has 0 aromatic carbocycles. The molecule has 50 heavy (non-hydrogen) atoms. The van der Waals surface area contributed by atoms with Crippen LogP contribution in [0, 0.1) is 11.8 Å².